The van der Waals surface area contributed by atoms with E-state index in [0.29, 0.717) is 22.3 Å². The Morgan fingerprint density at radius 3 is 2.04 bits per heavy atom. The SMILES string of the molecule is COc1cc(-c2cc3c(cc2-c2ccc(S(C)(=O)=O)cc2)OCO3)ccc1Cl. The van der Waals surface area contributed by atoms with Gasteiger partial charge in [-0.15, -0.1) is 0 Å². The molecule has 0 N–H and O–H groups in total. The molecule has 0 unspecified atom stereocenters. The molecule has 144 valence electrons. The zero-order valence-electron chi connectivity index (χ0n) is 15.2. The van der Waals surface area contributed by atoms with Crippen LogP contribution in [-0.4, -0.2) is 28.6 Å². The van der Waals surface area contributed by atoms with Crippen LogP contribution in [0, 0.1) is 0 Å². The Labute approximate surface area is 168 Å². The second-order valence-corrected chi connectivity index (χ2v) is 8.82. The van der Waals surface area contributed by atoms with Crippen molar-refractivity contribution in [1.29, 1.82) is 0 Å². The molecular formula is C21H17ClO5S. The van der Waals surface area contributed by atoms with E-state index in [1.807, 2.05) is 24.3 Å². The molecule has 3 aromatic carbocycles. The zero-order valence-corrected chi connectivity index (χ0v) is 16.8. The molecule has 0 aliphatic carbocycles. The van der Waals surface area contributed by atoms with Gasteiger partial charge in [0, 0.05) is 6.26 Å². The van der Waals surface area contributed by atoms with E-state index in [4.69, 9.17) is 25.8 Å². The normalized spacial score (nSPS) is 12.8. The number of sulfone groups is 1. The van der Waals surface area contributed by atoms with Crippen molar-refractivity contribution < 1.29 is 22.6 Å². The fourth-order valence-electron chi connectivity index (χ4n) is 3.13. The first-order valence-electron chi connectivity index (χ1n) is 8.45. The summed E-state index contributed by atoms with van der Waals surface area (Å²) in [6, 6.07) is 16.1. The van der Waals surface area contributed by atoms with Crippen molar-refractivity contribution in [3.63, 3.8) is 0 Å². The van der Waals surface area contributed by atoms with Crippen molar-refractivity contribution in [3.8, 4) is 39.5 Å². The quantitative estimate of drug-likeness (QED) is 0.610. The fraction of sp³-hybridized carbons (Fsp3) is 0.143. The van der Waals surface area contributed by atoms with Gasteiger partial charge in [-0.2, -0.15) is 0 Å². The average molecular weight is 417 g/mol. The van der Waals surface area contributed by atoms with E-state index in [0.717, 1.165) is 22.3 Å². The van der Waals surface area contributed by atoms with Crippen molar-refractivity contribution in [3.05, 3.63) is 59.6 Å². The summed E-state index contributed by atoms with van der Waals surface area (Å²) < 4.78 is 39.9. The highest BCUT2D eigenvalue weighted by atomic mass is 35.5. The van der Waals surface area contributed by atoms with Gasteiger partial charge in [0.15, 0.2) is 21.3 Å². The highest BCUT2D eigenvalue weighted by Gasteiger charge is 2.20. The number of hydrogen-bond acceptors (Lipinski definition) is 5. The second-order valence-electron chi connectivity index (χ2n) is 6.40. The highest BCUT2D eigenvalue weighted by Crippen LogP contribution is 2.44. The molecule has 0 atom stereocenters. The Balaban J connectivity index is 1.90. The van der Waals surface area contributed by atoms with Crippen LogP contribution >= 0.6 is 11.6 Å². The Bertz CT molecular complexity index is 1150. The number of benzene rings is 3. The van der Waals surface area contributed by atoms with Gasteiger partial charge in [0.2, 0.25) is 6.79 Å². The van der Waals surface area contributed by atoms with Crippen LogP contribution in [0.3, 0.4) is 0 Å². The van der Waals surface area contributed by atoms with Gasteiger partial charge in [0.25, 0.3) is 0 Å². The minimum atomic E-state index is -3.26. The second kappa shape index (κ2) is 7.04. The molecule has 0 amide bonds. The van der Waals surface area contributed by atoms with Gasteiger partial charge in [0.05, 0.1) is 17.0 Å². The van der Waals surface area contributed by atoms with Crippen LogP contribution in [0.25, 0.3) is 22.3 Å². The van der Waals surface area contributed by atoms with Crippen molar-refractivity contribution in [2.75, 3.05) is 20.2 Å². The lowest BCUT2D eigenvalue weighted by molar-refractivity contribution is 0.174. The molecule has 0 fully saturated rings. The molecule has 1 aliphatic heterocycles. The molecule has 0 spiro atoms. The van der Waals surface area contributed by atoms with Crippen molar-refractivity contribution >= 4 is 21.4 Å². The molecule has 0 saturated heterocycles. The fourth-order valence-corrected chi connectivity index (χ4v) is 3.95. The molecular weight excluding hydrogens is 400 g/mol. The van der Waals surface area contributed by atoms with Gasteiger partial charge in [-0.25, -0.2) is 8.42 Å². The molecule has 0 bridgehead atoms. The number of halogens is 1. The maximum Gasteiger partial charge on any atom is 0.231 e. The lowest BCUT2D eigenvalue weighted by atomic mass is 9.94. The average Bonchev–Trinajstić information content (AvgIpc) is 3.14. The monoisotopic (exact) mass is 416 g/mol. The van der Waals surface area contributed by atoms with Gasteiger partial charge in [-0.3, -0.25) is 0 Å². The summed E-state index contributed by atoms with van der Waals surface area (Å²) in [6.07, 6.45) is 1.19. The molecule has 0 saturated carbocycles. The summed E-state index contributed by atoms with van der Waals surface area (Å²) >= 11 is 6.17. The van der Waals surface area contributed by atoms with Crippen LogP contribution < -0.4 is 14.2 Å². The molecule has 4 rings (SSSR count). The number of hydrogen-bond donors (Lipinski definition) is 0. The van der Waals surface area contributed by atoms with Crippen molar-refractivity contribution in [2.45, 2.75) is 4.90 Å². The number of methoxy groups -OCH3 is 1. The molecule has 5 nitrogen and oxygen atoms in total. The van der Waals surface area contributed by atoms with Gasteiger partial charge in [-0.05, 0) is 58.7 Å². The molecule has 3 aromatic rings. The summed E-state index contributed by atoms with van der Waals surface area (Å²) in [5.74, 6) is 1.86. The molecule has 1 aliphatic rings. The topological polar surface area (TPSA) is 61.8 Å². The Hall–Kier alpha value is -2.70. The lowest BCUT2D eigenvalue weighted by Crippen LogP contribution is -1.96. The van der Waals surface area contributed by atoms with Crippen LogP contribution in [0.5, 0.6) is 17.2 Å². The zero-order chi connectivity index (χ0) is 19.9. The molecule has 0 radical (unpaired) electrons. The van der Waals surface area contributed by atoms with E-state index in [-0.39, 0.29) is 11.7 Å². The first kappa shape index (κ1) is 18.7. The summed E-state index contributed by atoms with van der Waals surface area (Å²) in [5, 5.41) is 0.519. The van der Waals surface area contributed by atoms with E-state index < -0.39 is 9.84 Å². The summed E-state index contributed by atoms with van der Waals surface area (Å²) in [7, 11) is -1.70. The lowest BCUT2D eigenvalue weighted by Gasteiger charge is -2.14. The molecule has 28 heavy (non-hydrogen) atoms. The van der Waals surface area contributed by atoms with Gasteiger partial charge < -0.3 is 14.2 Å². The predicted molar refractivity (Wildman–Crippen MR) is 108 cm³/mol. The molecule has 7 heteroatoms. The van der Waals surface area contributed by atoms with Crippen molar-refractivity contribution in [2.24, 2.45) is 0 Å². The Morgan fingerprint density at radius 1 is 0.893 bits per heavy atom. The summed E-state index contributed by atoms with van der Waals surface area (Å²) in [4.78, 5) is 0.270. The molecule has 1 heterocycles. The number of fused-ring (bicyclic) bond motifs is 1. The Morgan fingerprint density at radius 2 is 1.46 bits per heavy atom. The standard InChI is InChI=1S/C21H17ClO5S/c1-25-19-9-14(5-8-18(19)22)17-11-21-20(26-12-27-21)10-16(17)13-3-6-15(7-4-13)28(2,23)24/h3-11H,12H2,1-2H3. The maximum atomic E-state index is 11.8. The van der Waals surface area contributed by atoms with Crippen LogP contribution in [-0.2, 0) is 9.84 Å². The van der Waals surface area contributed by atoms with Crippen LogP contribution in [0.2, 0.25) is 5.02 Å². The van der Waals surface area contributed by atoms with E-state index in [2.05, 4.69) is 0 Å². The summed E-state index contributed by atoms with van der Waals surface area (Å²) in [6.45, 7) is 0.162. The third-order valence-electron chi connectivity index (χ3n) is 4.57. The smallest absolute Gasteiger partial charge is 0.231 e. The van der Waals surface area contributed by atoms with Crippen LogP contribution in [0.1, 0.15) is 0 Å². The minimum absolute atomic E-state index is 0.162. The third-order valence-corrected chi connectivity index (χ3v) is 6.01. The van der Waals surface area contributed by atoms with E-state index in [9.17, 15) is 8.42 Å². The third kappa shape index (κ3) is 3.41. The van der Waals surface area contributed by atoms with Gasteiger partial charge >= 0.3 is 0 Å². The maximum absolute atomic E-state index is 11.8. The van der Waals surface area contributed by atoms with Crippen LogP contribution in [0.15, 0.2) is 59.5 Å². The minimum Gasteiger partial charge on any atom is -0.495 e. The number of rotatable bonds is 4. The van der Waals surface area contributed by atoms with Crippen molar-refractivity contribution in [1.82, 2.24) is 0 Å². The van der Waals surface area contributed by atoms with E-state index >= 15 is 0 Å². The highest BCUT2D eigenvalue weighted by molar-refractivity contribution is 7.90. The predicted octanol–water partition coefficient (Wildman–Crippen LogP) is 4.81. The first-order valence-corrected chi connectivity index (χ1v) is 10.7. The molecule has 0 aromatic heterocycles. The van der Waals surface area contributed by atoms with E-state index in [1.165, 1.54) is 6.26 Å². The number of ether oxygens (including phenoxy) is 3. The summed E-state index contributed by atoms with van der Waals surface area (Å²) in [5.41, 5.74) is 3.52. The van der Waals surface area contributed by atoms with E-state index in [1.54, 1.807) is 37.4 Å². The largest absolute Gasteiger partial charge is 0.495 e. The Kier molecular flexibility index (Phi) is 4.69. The van der Waals surface area contributed by atoms with Gasteiger partial charge in [-0.1, -0.05) is 29.8 Å². The van der Waals surface area contributed by atoms with Gasteiger partial charge in [0.1, 0.15) is 5.75 Å². The first-order chi connectivity index (χ1) is 13.4. The van der Waals surface area contributed by atoms with Crippen LogP contribution in [0.4, 0.5) is 0 Å².